The lowest BCUT2D eigenvalue weighted by atomic mass is 9.83. The average molecular weight is 651 g/mol. The van der Waals surface area contributed by atoms with Crippen molar-refractivity contribution in [3.63, 3.8) is 0 Å². The molecule has 2 aliphatic heterocycles. The summed E-state index contributed by atoms with van der Waals surface area (Å²) in [5.41, 5.74) is 0.130. The van der Waals surface area contributed by atoms with Crippen molar-refractivity contribution in [1.82, 2.24) is 20.9 Å². The Balaban J connectivity index is 1.65. The monoisotopic (exact) mass is 650 g/mol. The fourth-order valence-electron chi connectivity index (χ4n) is 6.71. The lowest BCUT2D eigenvalue weighted by Crippen LogP contribution is -2.58. The molecule has 3 aliphatic rings. The highest BCUT2D eigenvalue weighted by Crippen LogP contribution is 2.32. The lowest BCUT2D eigenvalue weighted by Gasteiger charge is -2.35. The SMILES string of the molecule is C=CCCC(NC(=O)[C@@H]1C[C@@H]2CN1C(=O)[C@H](C1CCCCC1)NC(=O)Cc1cccc(c1)OCCC(C)(C)O2)C(=O)C(=O)NCC=C. The van der Waals surface area contributed by atoms with Gasteiger partial charge in [-0.05, 0) is 63.1 Å². The van der Waals surface area contributed by atoms with Crippen molar-refractivity contribution in [2.45, 2.75) is 108 Å². The number of ketones is 1. The van der Waals surface area contributed by atoms with Crippen LogP contribution in [0.25, 0.3) is 0 Å². The highest BCUT2D eigenvalue weighted by molar-refractivity contribution is 6.38. The molecule has 3 N–H and O–H groups in total. The predicted molar refractivity (Wildman–Crippen MR) is 177 cm³/mol. The Morgan fingerprint density at radius 2 is 1.89 bits per heavy atom. The fourth-order valence-corrected chi connectivity index (χ4v) is 6.71. The summed E-state index contributed by atoms with van der Waals surface area (Å²) in [7, 11) is 0. The van der Waals surface area contributed by atoms with Crippen LogP contribution >= 0.6 is 0 Å². The number of ether oxygens (including phenoxy) is 2. The molecule has 11 heteroatoms. The Bertz CT molecular complexity index is 1320. The van der Waals surface area contributed by atoms with Crippen molar-refractivity contribution in [1.29, 1.82) is 0 Å². The first kappa shape index (κ1) is 35.9. The lowest BCUT2D eigenvalue weighted by molar-refractivity contribution is -0.144. The maximum Gasteiger partial charge on any atom is 0.289 e. The zero-order valence-corrected chi connectivity index (χ0v) is 27.8. The molecule has 2 fully saturated rings. The summed E-state index contributed by atoms with van der Waals surface area (Å²) in [6.45, 7) is 11.8. The molecule has 1 aromatic rings. The Kier molecular flexibility index (Phi) is 12.8. The molecule has 2 heterocycles. The van der Waals surface area contributed by atoms with Crippen LogP contribution in [0.15, 0.2) is 49.6 Å². The van der Waals surface area contributed by atoms with Gasteiger partial charge >= 0.3 is 0 Å². The second-order valence-electron chi connectivity index (χ2n) is 13.4. The van der Waals surface area contributed by atoms with E-state index in [2.05, 4.69) is 29.1 Å². The van der Waals surface area contributed by atoms with Gasteiger partial charge in [-0.2, -0.15) is 0 Å². The molecule has 4 rings (SSSR count). The number of benzene rings is 1. The van der Waals surface area contributed by atoms with E-state index in [9.17, 15) is 24.0 Å². The molecule has 4 amide bonds. The van der Waals surface area contributed by atoms with Gasteiger partial charge in [-0.15, -0.1) is 13.2 Å². The Hall–Kier alpha value is -3.99. The molecule has 0 radical (unpaired) electrons. The molecule has 0 spiro atoms. The fraction of sp³-hybridized carbons (Fsp3) is 0.583. The van der Waals surface area contributed by atoms with Gasteiger partial charge in [0, 0.05) is 25.9 Å². The van der Waals surface area contributed by atoms with Gasteiger partial charge in [0.05, 0.1) is 30.8 Å². The second-order valence-corrected chi connectivity index (χ2v) is 13.4. The Morgan fingerprint density at radius 1 is 1.13 bits per heavy atom. The molecule has 47 heavy (non-hydrogen) atoms. The van der Waals surface area contributed by atoms with Crippen molar-refractivity contribution in [3.8, 4) is 5.75 Å². The van der Waals surface area contributed by atoms with Crippen LogP contribution < -0.4 is 20.7 Å². The van der Waals surface area contributed by atoms with Gasteiger partial charge < -0.3 is 30.3 Å². The number of allylic oxidation sites excluding steroid dienone is 1. The molecule has 1 unspecified atom stereocenters. The van der Waals surface area contributed by atoms with E-state index in [1.807, 2.05) is 38.1 Å². The highest BCUT2D eigenvalue weighted by Gasteiger charge is 2.46. The standard InChI is InChI=1S/C36H50N4O7/c1-5-7-16-28(32(42)34(44)37-18-6-2)38-33(43)29-22-27-23-40(29)35(45)31(25-13-9-8-10-14-25)39-30(41)21-24-12-11-15-26(20-24)46-19-17-36(3,4)47-27/h5-6,11-12,15,20,25,27-29,31H,1-2,7-10,13-14,16-19,21-23H2,3-4H3,(H,37,44)(H,38,43)(H,39,41)/t27-,28?,29+,31+/m1/s1. The van der Waals surface area contributed by atoms with E-state index < -0.39 is 47.4 Å². The van der Waals surface area contributed by atoms with Crippen LogP contribution in [-0.4, -0.2) is 83.8 Å². The molecule has 1 saturated carbocycles. The van der Waals surface area contributed by atoms with E-state index in [1.165, 1.54) is 11.0 Å². The van der Waals surface area contributed by atoms with Gasteiger partial charge in [-0.25, -0.2) is 0 Å². The third-order valence-electron chi connectivity index (χ3n) is 9.20. The molecule has 4 bridgehead atoms. The summed E-state index contributed by atoms with van der Waals surface area (Å²) >= 11 is 0. The van der Waals surface area contributed by atoms with Gasteiger partial charge in [0.15, 0.2) is 0 Å². The maximum absolute atomic E-state index is 14.5. The predicted octanol–water partition coefficient (Wildman–Crippen LogP) is 3.16. The van der Waals surface area contributed by atoms with Gasteiger partial charge in [0.1, 0.15) is 17.8 Å². The van der Waals surface area contributed by atoms with Crippen LogP contribution in [0.2, 0.25) is 0 Å². The third kappa shape index (κ3) is 10.00. The van der Waals surface area contributed by atoms with E-state index in [1.54, 1.807) is 6.08 Å². The number of nitrogens with one attached hydrogen (secondary N) is 3. The van der Waals surface area contributed by atoms with E-state index in [-0.39, 0.29) is 50.1 Å². The van der Waals surface area contributed by atoms with Crippen LogP contribution in [0.5, 0.6) is 5.75 Å². The zero-order valence-electron chi connectivity index (χ0n) is 27.8. The van der Waals surface area contributed by atoms with E-state index in [0.717, 1.165) is 37.7 Å². The molecule has 1 aromatic carbocycles. The average Bonchev–Trinajstić information content (AvgIpc) is 3.47. The molecular weight excluding hydrogens is 600 g/mol. The van der Waals surface area contributed by atoms with Crippen LogP contribution in [0, 0.1) is 5.92 Å². The van der Waals surface area contributed by atoms with Crippen molar-refractivity contribution >= 4 is 29.4 Å². The van der Waals surface area contributed by atoms with Gasteiger partial charge in [-0.3, -0.25) is 24.0 Å². The minimum absolute atomic E-state index is 0.0792. The molecular formula is C36H50N4O7. The van der Waals surface area contributed by atoms with Gasteiger partial charge in [-0.1, -0.05) is 43.5 Å². The van der Waals surface area contributed by atoms with E-state index in [4.69, 9.17) is 9.47 Å². The van der Waals surface area contributed by atoms with Crippen LogP contribution in [0.4, 0.5) is 0 Å². The van der Waals surface area contributed by atoms with Crippen molar-refractivity contribution < 1.29 is 33.4 Å². The summed E-state index contributed by atoms with van der Waals surface area (Å²) < 4.78 is 12.5. The number of nitrogens with zero attached hydrogens (tertiary/aromatic N) is 1. The largest absolute Gasteiger partial charge is 0.493 e. The Morgan fingerprint density at radius 3 is 2.62 bits per heavy atom. The molecule has 0 aromatic heterocycles. The minimum Gasteiger partial charge on any atom is -0.493 e. The van der Waals surface area contributed by atoms with Crippen LogP contribution in [-0.2, 0) is 35.1 Å². The number of Topliss-reactive ketones (excluding diaryl/α,β-unsaturated/α-hetero) is 1. The smallest absolute Gasteiger partial charge is 0.289 e. The summed E-state index contributed by atoms with van der Waals surface area (Å²) in [5.74, 6) is -2.21. The summed E-state index contributed by atoms with van der Waals surface area (Å²) in [6.07, 6.45) is 8.51. The first-order chi connectivity index (χ1) is 22.5. The molecule has 4 atom stereocenters. The van der Waals surface area contributed by atoms with E-state index >= 15 is 0 Å². The summed E-state index contributed by atoms with van der Waals surface area (Å²) in [4.78, 5) is 69.1. The maximum atomic E-state index is 14.5. The number of amides is 4. The first-order valence-corrected chi connectivity index (χ1v) is 16.8. The number of rotatable bonds is 10. The van der Waals surface area contributed by atoms with Crippen molar-refractivity contribution in [2.75, 3.05) is 19.7 Å². The minimum atomic E-state index is -1.11. The molecule has 256 valence electrons. The van der Waals surface area contributed by atoms with E-state index in [0.29, 0.717) is 25.2 Å². The topological polar surface area (TPSA) is 143 Å². The first-order valence-electron chi connectivity index (χ1n) is 16.8. The van der Waals surface area contributed by atoms with Crippen LogP contribution in [0.3, 0.4) is 0 Å². The summed E-state index contributed by atoms with van der Waals surface area (Å²) in [5, 5.41) is 8.28. The number of hydrogen-bond donors (Lipinski definition) is 3. The highest BCUT2D eigenvalue weighted by atomic mass is 16.5. The quantitative estimate of drug-likeness (QED) is 0.261. The third-order valence-corrected chi connectivity index (χ3v) is 9.20. The number of carbonyl (C=O) groups is 5. The summed E-state index contributed by atoms with van der Waals surface area (Å²) in [6, 6.07) is 4.49. The Labute approximate surface area is 277 Å². The molecule has 1 saturated heterocycles. The van der Waals surface area contributed by atoms with Crippen molar-refractivity contribution in [2.24, 2.45) is 5.92 Å². The normalized spacial score (nSPS) is 24.3. The number of carbonyl (C=O) groups excluding carboxylic acids is 5. The number of fused-ring (bicyclic) bond motifs is 4. The van der Waals surface area contributed by atoms with Crippen molar-refractivity contribution in [3.05, 3.63) is 55.1 Å². The molecule has 1 aliphatic carbocycles. The molecule has 11 nitrogen and oxygen atoms in total. The van der Waals surface area contributed by atoms with Gasteiger partial charge in [0.25, 0.3) is 5.91 Å². The number of hydrogen-bond acceptors (Lipinski definition) is 7. The van der Waals surface area contributed by atoms with Crippen LogP contribution in [0.1, 0.15) is 77.2 Å². The van der Waals surface area contributed by atoms with Gasteiger partial charge in [0.2, 0.25) is 23.5 Å². The zero-order chi connectivity index (χ0) is 34.0. The second kappa shape index (κ2) is 16.7.